The van der Waals surface area contributed by atoms with E-state index in [0.717, 1.165) is 18.8 Å². The highest BCUT2D eigenvalue weighted by Crippen LogP contribution is 2.38. The summed E-state index contributed by atoms with van der Waals surface area (Å²) in [5, 5.41) is 9.35. The van der Waals surface area contributed by atoms with Gasteiger partial charge in [0.15, 0.2) is 0 Å². The zero-order valence-corrected chi connectivity index (χ0v) is 9.05. The predicted octanol–water partition coefficient (Wildman–Crippen LogP) is 2.21. The molecule has 3 unspecified atom stereocenters. The highest BCUT2D eigenvalue weighted by molar-refractivity contribution is 4.88. The van der Waals surface area contributed by atoms with Crippen LogP contribution in [0.3, 0.4) is 0 Å². The molecule has 0 aromatic carbocycles. The van der Waals surface area contributed by atoms with Gasteiger partial charge in [0, 0.05) is 6.61 Å². The molecule has 3 atom stereocenters. The van der Waals surface area contributed by atoms with Gasteiger partial charge in [-0.1, -0.05) is 13.8 Å². The molecule has 13 heavy (non-hydrogen) atoms. The van der Waals surface area contributed by atoms with Crippen LogP contribution >= 0.6 is 0 Å². The number of aliphatic hydroxyl groups is 1. The van der Waals surface area contributed by atoms with Crippen LogP contribution in [0.2, 0.25) is 0 Å². The standard InChI is InChI=1S/C11H22O2/c1-4-13-11(8-12)6-5-9(2)10(3)7-11/h9-10,12H,4-8H2,1-3H3. The number of hydrogen-bond acceptors (Lipinski definition) is 2. The van der Waals surface area contributed by atoms with Gasteiger partial charge in [-0.2, -0.15) is 0 Å². The maximum absolute atomic E-state index is 9.35. The van der Waals surface area contributed by atoms with E-state index in [1.54, 1.807) is 0 Å². The first-order valence-electron chi connectivity index (χ1n) is 5.38. The summed E-state index contributed by atoms with van der Waals surface area (Å²) in [5.41, 5.74) is -0.222. The van der Waals surface area contributed by atoms with Crippen LogP contribution in [0, 0.1) is 11.8 Å². The van der Waals surface area contributed by atoms with E-state index >= 15 is 0 Å². The van der Waals surface area contributed by atoms with Crippen molar-refractivity contribution in [2.75, 3.05) is 13.2 Å². The smallest absolute Gasteiger partial charge is 0.0914 e. The third-order valence-corrected chi connectivity index (χ3v) is 3.46. The van der Waals surface area contributed by atoms with Gasteiger partial charge in [-0.25, -0.2) is 0 Å². The Morgan fingerprint density at radius 2 is 2.08 bits per heavy atom. The van der Waals surface area contributed by atoms with Crippen LogP contribution in [0.1, 0.15) is 40.0 Å². The first-order chi connectivity index (χ1) is 6.13. The fourth-order valence-electron chi connectivity index (χ4n) is 2.29. The minimum Gasteiger partial charge on any atom is -0.393 e. The van der Waals surface area contributed by atoms with Gasteiger partial charge in [-0.05, 0) is 38.0 Å². The predicted molar refractivity (Wildman–Crippen MR) is 53.6 cm³/mol. The second kappa shape index (κ2) is 4.43. The van der Waals surface area contributed by atoms with Gasteiger partial charge in [-0.15, -0.1) is 0 Å². The Morgan fingerprint density at radius 1 is 1.38 bits per heavy atom. The Balaban J connectivity index is 2.57. The Hall–Kier alpha value is -0.0800. The first-order valence-corrected chi connectivity index (χ1v) is 5.38. The third-order valence-electron chi connectivity index (χ3n) is 3.46. The van der Waals surface area contributed by atoms with E-state index in [4.69, 9.17) is 4.74 Å². The molecule has 1 rings (SSSR count). The van der Waals surface area contributed by atoms with Gasteiger partial charge in [0.25, 0.3) is 0 Å². The molecule has 1 fully saturated rings. The van der Waals surface area contributed by atoms with E-state index in [2.05, 4.69) is 13.8 Å². The van der Waals surface area contributed by atoms with E-state index in [0.29, 0.717) is 12.5 Å². The molecule has 1 N–H and O–H groups in total. The molecule has 0 heterocycles. The molecule has 0 aliphatic heterocycles. The minimum absolute atomic E-state index is 0.178. The molecule has 2 nitrogen and oxygen atoms in total. The van der Waals surface area contributed by atoms with Crippen molar-refractivity contribution in [3.8, 4) is 0 Å². The summed E-state index contributed by atoms with van der Waals surface area (Å²) in [7, 11) is 0. The van der Waals surface area contributed by atoms with Gasteiger partial charge >= 0.3 is 0 Å². The summed E-state index contributed by atoms with van der Waals surface area (Å²) in [6, 6.07) is 0. The zero-order valence-electron chi connectivity index (χ0n) is 9.05. The topological polar surface area (TPSA) is 29.5 Å². The molecule has 0 radical (unpaired) electrons. The highest BCUT2D eigenvalue weighted by atomic mass is 16.5. The van der Waals surface area contributed by atoms with Crippen molar-refractivity contribution in [2.45, 2.75) is 45.6 Å². The molecule has 1 saturated carbocycles. The lowest BCUT2D eigenvalue weighted by atomic mass is 9.73. The maximum Gasteiger partial charge on any atom is 0.0914 e. The van der Waals surface area contributed by atoms with E-state index in [-0.39, 0.29) is 12.2 Å². The van der Waals surface area contributed by atoms with Crippen LogP contribution in [-0.4, -0.2) is 23.9 Å². The molecule has 0 amide bonds. The SMILES string of the molecule is CCOC1(CO)CCC(C)C(C)C1. The minimum atomic E-state index is -0.222. The number of aliphatic hydroxyl groups excluding tert-OH is 1. The van der Waals surface area contributed by atoms with Crippen LogP contribution in [0.4, 0.5) is 0 Å². The quantitative estimate of drug-likeness (QED) is 0.732. The van der Waals surface area contributed by atoms with Gasteiger partial charge < -0.3 is 9.84 Å². The summed E-state index contributed by atoms with van der Waals surface area (Å²) < 4.78 is 5.69. The van der Waals surface area contributed by atoms with Crippen LogP contribution in [-0.2, 0) is 4.74 Å². The van der Waals surface area contributed by atoms with Gasteiger partial charge in [0.05, 0.1) is 12.2 Å². The summed E-state index contributed by atoms with van der Waals surface area (Å²) >= 11 is 0. The molecular formula is C11H22O2. The zero-order chi connectivity index (χ0) is 9.90. The van der Waals surface area contributed by atoms with Crippen LogP contribution in [0.15, 0.2) is 0 Å². The lowest BCUT2D eigenvalue weighted by Crippen LogP contribution is -2.43. The average Bonchev–Trinajstić information content (AvgIpc) is 2.12. The van der Waals surface area contributed by atoms with Crippen molar-refractivity contribution in [1.82, 2.24) is 0 Å². The molecule has 0 bridgehead atoms. The Kier molecular flexibility index (Phi) is 3.74. The summed E-state index contributed by atoms with van der Waals surface area (Å²) in [4.78, 5) is 0. The molecule has 0 aromatic heterocycles. The average molecular weight is 186 g/mol. The summed E-state index contributed by atoms with van der Waals surface area (Å²) in [5.74, 6) is 1.45. The van der Waals surface area contributed by atoms with Crippen molar-refractivity contribution in [2.24, 2.45) is 11.8 Å². The Labute approximate surface area is 81.3 Å². The van der Waals surface area contributed by atoms with E-state index in [9.17, 15) is 5.11 Å². The molecule has 78 valence electrons. The number of hydrogen-bond donors (Lipinski definition) is 1. The molecule has 2 heteroatoms. The Morgan fingerprint density at radius 3 is 2.54 bits per heavy atom. The monoisotopic (exact) mass is 186 g/mol. The van der Waals surface area contributed by atoms with Gasteiger partial charge in [0.2, 0.25) is 0 Å². The van der Waals surface area contributed by atoms with Crippen LogP contribution < -0.4 is 0 Å². The third kappa shape index (κ3) is 2.44. The highest BCUT2D eigenvalue weighted by Gasteiger charge is 2.37. The van der Waals surface area contributed by atoms with E-state index in [1.807, 2.05) is 6.92 Å². The summed E-state index contributed by atoms with van der Waals surface area (Å²) in [6.07, 6.45) is 3.21. The lowest BCUT2D eigenvalue weighted by molar-refractivity contribution is -0.114. The second-order valence-corrected chi connectivity index (χ2v) is 4.47. The number of ether oxygens (including phenoxy) is 1. The van der Waals surface area contributed by atoms with Gasteiger partial charge in [-0.3, -0.25) is 0 Å². The van der Waals surface area contributed by atoms with Crippen molar-refractivity contribution in [1.29, 1.82) is 0 Å². The van der Waals surface area contributed by atoms with E-state index < -0.39 is 0 Å². The van der Waals surface area contributed by atoms with Crippen molar-refractivity contribution >= 4 is 0 Å². The molecule has 0 saturated heterocycles. The van der Waals surface area contributed by atoms with Crippen molar-refractivity contribution < 1.29 is 9.84 Å². The van der Waals surface area contributed by atoms with Crippen LogP contribution in [0.25, 0.3) is 0 Å². The normalized spacial score (nSPS) is 40.6. The fourth-order valence-corrected chi connectivity index (χ4v) is 2.29. The van der Waals surface area contributed by atoms with E-state index in [1.165, 1.54) is 6.42 Å². The summed E-state index contributed by atoms with van der Waals surface area (Å²) in [6.45, 7) is 7.44. The van der Waals surface area contributed by atoms with Crippen molar-refractivity contribution in [3.63, 3.8) is 0 Å². The molecule has 0 spiro atoms. The molecule has 1 aliphatic carbocycles. The largest absolute Gasteiger partial charge is 0.393 e. The first kappa shape index (κ1) is 11.0. The van der Waals surface area contributed by atoms with Gasteiger partial charge in [0.1, 0.15) is 0 Å². The Bertz CT molecular complexity index is 158. The molecule has 1 aliphatic rings. The second-order valence-electron chi connectivity index (χ2n) is 4.47. The molecular weight excluding hydrogens is 164 g/mol. The lowest BCUT2D eigenvalue weighted by Gasteiger charge is -2.41. The maximum atomic E-state index is 9.35. The van der Waals surface area contributed by atoms with Crippen molar-refractivity contribution in [3.05, 3.63) is 0 Å². The number of rotatable bonds is 3. The van der Waals surface area contributed by atoms with Crippen LogP contribution in [0.5, 0.6) is 0 Å². The fraction of sp³-hybridized carbons (Fsp3) is 1.00. The molecule has 0 aromatic rings.